The van der Waals surface area contributed by atoms with Crippen molar-refractivity contribution in [2.75, 3.05) is 21.2 Å². The van der Waals surface area contributed by atoms with E-state index in [1.165, 1.54) is 32.2 Å². The molecule has 1 amide bonds. The van der Waals surface area contributed by atoms with Crippen molar-refractivity contribution in [1.82, 2.24) is 4.90 Å². The molecular formula is C29H30N2O9. The number of amides is 1. The van der Waals surface area contributed by atoms with E-state index in [-0.39, 0.29) is 17.7 Å². The average Bonchev–Trinajstić information content (AvgIpc) is 2.90. The Morgan fingerprint density at radius 2 is 1.73 bits per heavy atom. The van der Waals surface area contributed by atoms with E-state index in [0.29, 0.717) is 11.3 Å². The van der Waals surface area contributed by atoms with Crippen molar-refractivity contribution in [2.45, 2.75) is 30.1 Å². The Hall–Kier alpha value is -4.19. The molecule has 0 aromatic heterocycles. The van der Waals surface area contributed by atoms with Gasteiger partial charge in [-0.05, 0) is 55.8 Å². The normalized spacial score (nSPS) is 29.7. The number of hydrogen-bond acceptors (Lipinski definition) is 10. The SMILES string of the molecule is COc1ccc(CC2c3cccc(O)c3C(=O)C3=C(O)C4(O)C(=O)C(C(N)=O)=C(O)C(N(C)C)C4C(O)C32)cc1. The maximum absolute atomic E-state index is 13.8. The first-order valence-electron chi connectivity index (χ1n) is 12.6. The summed E-state index contributed by atoms with van der Waals surface area (Å²) in [7, 11) is 4.51. The first-order valence-corrected chi connectivity index (χ1v) is 12.6. The second-order valence-electron chi connectivity index (χ2n) is 10.7. The summed E-state index contributed by atoms with van der Waals surface area (Å²) in [6.45, 7) is 0. The summed E-state index contributed by atoms with van der Waals surface area (Å²) >= 11 is 0. The number of aliphatic hydroxyl groups excluding tert-OH is 3. The molecule has 3 aliphatic rings. The van der Waals surface area contributed by atoms with Crippen LogP contribution in [0.2, 0.25) is 0 Å². The molecule has 2 aromatic rings. The molecule has 2 aromatic carbocycles. The van der Waals surface area contributed by atoms with Crippen LogP contribution in [-0.2, 0) is 16.0 Å². The molecule has 0 bridgehead atoms. The van der Waals surface area contributed by atoms with Crippen LogP contribution in [0.15, 0.2) is 65.1 Å². The van der Waals surface area contributed by atoms with Crippen LogP contribution in [0, 0.1) is 11.8 Å². The van der Waals surface area contributed by atoms with Crippen LogP contribution in [0.5, 0.6) is 11.5 Å². The minimum absolute atomic E-state index is 0.131. The van der Waals surface area contributed by atoms with Gasteiger partial charge in [0.25, 0.3) is 5.91 Å². The molecule has 0 saturated carbocycles. The van der Waals surface area contributed by atoms with Gasteiger partial charge >= 0.3 is 0 Å². The number of primary amides is 1. The number of aromatic hydroxyl groups is 1. The number of nitrogens with two attached hydrogens (primary N) is 1. The smallest absolute Gasteiger partial charge is 0.255 e. The number of phenols is 1. The Morgan fingerprint density at radius 1 is 1.07 bits per heavy atom. The standard InChI is InChI=1S/C29H30N2O9/c1-31(2)22-21-24(34)18-15(11-12-7-9-13(40-3)10-8-12)14-5-4-6-16(32)17(14)23(33)19(18)26(36)29(21,39)27(37)20(25(22)35)28(30)38/h4-10,15,18,21-22,24,32,34-36,39H,11H2,1-3H3,(H2,30,38). The molecule has 6 unspecified atom stereocenters. The van der Waals surface area contributed by atoms with Crippen molar-refractivity contribution < 1.29 is 44.7 Å². The largest absolute Gasteiger partial charge is 0.510 e. The summed E-state index contributed by atoms with van der Waals surface area (Å²) in [4.78, 5) is 40.9. The van der Waals surface area contributed by atoms with Gasteiger partial charge in [-0.1, -0.05) is 24.3 Å². The maximum atomic E-state index is 13.8. The van der Waals surface area contributed by atoms with Gasteiger partial charge in [-0.3, -0.25) is 19.3 Å². The molecular weight excluding hydrogens is 520 g/mol. The van der Waals surface area contributed by atoms with Gasteiger partial charge in [-0.25, -0.2) is 0 Å². The maximum Gasteiger partial charge on any atom is 0.255 e. The molecule has 0 radical (unpaired) electrons. The predicted octanol–water partition coefficient (Wildman–Crippen LogP) is 0.884. The summed E-state index contributed by atoms with van der Waals surface area (Å²) in [6, 6.07) is 10.3. The summed E-state index contributed by atoms with van der Waals surface area (Å²) in [6.07, 6.45) is -1.45. The van der Waals surface area contributed by atoms with E-state index in [1.54, 1.807) is 36.4 Å². The number of likely N-dealkylation sites (N-methyl/N-ethyl adjacent to an activating group) is 1. The minimum Gasteiger partial charge on any atom is -0.510 e. The van der Waals surface area contributed by atoms with E-state index in [0.717, 1.165) is 5.56 Å². The highest BCUT2D eigenvalue weighted by Crippen LogP contribution is 2.56. The molecule has 0 aliphatic heterocycles. The molecule has 11 heteroatoms. The number of ether oxygens (including phenoxy) is 1. The monoisotopic (exact) mass is 550 g/mol. The highest BCUT2D eigenvalue weighted by molar-refractivity contribution is 6.25. The van der Waals surface area contributed by atoms with Gasteiger partial charge < -0.3 is 36.0 Å². The summed E-state index contributed by atoms with van der Waals surface area (Å²) in [5.74, 6) is -8.66. The number of methoxy groups -OCH3 is 1. The second-order valence-corrected chi connectivity index (χ2v) is 10.7. The topological polar surface area (TPSA) is 191 Å². The first-order chi connectivity index (χ1) is 18.9. The van der Waals surface area contributed by atoms with Gasteiger partial charge in [0.15, 0.2) is 11.4 Å². The molecule has 11 nitrogen and oxygen atoms in total. The third kappa shape index (κ3) is 3.65. The van der Waals surface area contributed by atoms with Gasteiger partial charge in [-0.15, -0.1) is 0 Å². The molecule has 0 heterocycles. The first kappa shape index (κ1) is 27.4. The van der Waals surface area contributed by atoms with Crippen LogP contribution in [-0.4, -0.2) is 86.9 Å². The van der Waals surface area contributed by atoms with Gasteiger partial charge in [0.05, 0.1) is 30.7 Å². The van der Waals surface area contributed by atoms with Crippen LogP contribution in [0.25, 0.3) is 0 Å². The van der Waals surface area contributed by atoms with Crippen molar-refractivity contribution in [3.05, 3.63) is 81.8 Å². The van der Waals surface area contributed by atoms with Crippen molar-refractivity contribution in [2.24, 2.45) is 17.6 Å². The number of carbonyl (C=O) groups excluding carboxylic acids is 3. The van der Waals surface area contributed by atoms with E-state index >= 15 is 0 Å². The zero-order valence-corrected chi connectivity index (χ0v) is 22.0. The van der Waals surface area contributed by atoms with E-state index < -0.39 is 75.6 Å². The highest BCUT2D eigenvalue weighted by Gasteiger charge is 2.67. The van der Waals surface area contributed by atoms with Crippen LogP contribution in [0.3, 0.4) is 0 Å². The fourth-order valence-electron chi connectivity index (χ4n) is 6.66. The van der Waals surface area contributed by atoms with Gasteiger partial charge in [0.2, 0.25) is 5.78 Å². The Bertz CT molecular complexity index is 1490. The number of rotatable bonds is 5. The second kappa shape index (κ2) is 9.47. The molecule has 5 rings (SSSR count). The molecule has 0 fully saturated rings. The number of Topliss-reactive ketones (excluding diaryl/α,β-unsaturated/α-hetero) is 2. The van der Waals surface area contributed by atoms with Crippen LogP contribution in [0.1, 0.15) is 27.4 Å². The Balaban J connectivity index is 1.78. The van der Waals surface area contributed by atoms with Crippen molar-refractivity contribution in [3.63, 3.8) is 0 Å². The summed E-state index contributed by atoms with van der Waals surface area (Å²) < 4.78 is 5.23. The molecule has 210 valence electrons. The van der Waals surface area contributed by atoms with E-state index in [2.05, 4.69) is 0 Å². The lowest BCUT2D eigenvalue weighted by molar-refractivity contribution is -0.162. The highest BCUT2D eigenvalue weighted by atomic mass is 16.5. The molecule has 40 heavy (non-hydrogen) atoms. The summed E-state index contributed by atoms with van der Waals surface area (Å²) in [5.41, 5.74) is 2.08. The third-order valence-electron chi connectivity index (χ3n) is 8.41. The molecule has 0 spiro atoms. The number of phenolic OH excluding ortho intramolecular Hbond substituents is 1. The lowest BCUT2D eigenvalue weighted by Gasteiger charge is -2.53. The molecule has 6 atom stereocenters. The van der Waals surface area contributed by atoms with Crippen LogP contribution >= 0.6 is 0 Å². The summed E-state index contributed by atoms with van der Waals surface area (Å²) in [5, 5.41) is 57.0. The number of carbonyl (C=O) groups is 3. The average molecular weight is 551 g/mol. The molecule has 0 saturated heterocycles. The fraction of sp³-hybridized carbons (Fsp3) is 0.345. The van der Waals surface area contributed by atoms with Crippen LogP contribution in [0.4, 0.5) is 0 Å². The van der Waals surface area contributed by atoms with E-state index in [9.17, 15) is 39.9 Å². The number of ketones is 2. The predicted molar refractivity (Wildman–Crippen MR) is 141 cm³/mol. The lowest BCUT2D eigenvalue weighted by atomic mass is 9.54. The quantitative estimate of drug-likeness (QED) is 0.291. The van der Waals surface area contributed by atoms with Gasteiger partial charge in [-0.2, -0.15) is 0 Å². The molecule has 3 aliphatic carbocycles. The van der Waals surface area contributed by atoms with Crippen LogP contribution < -0.4 is 10.5 Å². The Morgan fingerprint density at radius 3 is 2.30 bits per heavy atom. The molecule has 7 N–H and O–H groups in total. The third-order valence-corrected chi connectivity index (χ3v) is 8.41. The number of aliphatic hydroxyl groups is 4. The number of hydrogen-bond donors (Lipinski definition) is 6. The van der Waals surface area contributed by atoms with Gasteiger partial charge in [0, 0.05) is 11.5 Å². The number of nitrogens with zero attached hydrogens (tertiary/aromatic N) is 1. The minimum atomic E-state index is -2.96. The Kier molecular flexibility index (Phi) is 6.48. The van der Waals surface area contributed by atoms with Crippen molar-refractivity contribution in [3.8, 4) is 11.5 Å². The zero-order valence-electron chi connectivity index (χ0n) is 22.0. The Labute approximate surface area is 229 Å². The number of benzene rings is 2. The van der Waals surface area contributed by atoms with E-state index in [4.69, 9.17) is 10.5 Å². The number of fused-ring (bicyclic) bond motifs is 3. The van der Waals surface area contributed by atoms with Crippen molar-refractivity contribution in [1.29, 1.82) is 0 Å². The van der Waals surface area contributed by atoms with E-state index in [1.807, 2.05) is 0 Å². The zero-order chi connectivity index (χ0) is 29.3. The fourth-order valence-corrected chi connectivity index (χ4v) is 6.66. The lowest BCUT2D eigenvalue weighted by Crippen LogP contribution is -2.68. The van der Waals surface area contributed by atoms with Crippen molar-refractivity contribution >= 4 is 17.5 Å². The van der Waals surface area contributed by atoms with Gasteiger partial charge in [0.1, 0.15) is 28.6 Å².